The number of anilines is 1. The molecule has 6 nitrogen and oxygen atoms in total. The van der Waals surface area contributed by atoms with Crippen LogP contribution in [0, 0.1) is 0 Å². The Balaban J connectivity index is 2.60. The molecule has 0 bridgehead atoms. The molecule has 1 aromatic rings. The summed E-state index contributed by atoms with van der Waals surface area (Å²) in [6.45, 7) is 1.73. The highest BCUT2D eigenvalue weighted by atomic mass is 16.5. The maximum Gasteiger partial charge on any atom is 0.242 e. The van der Waals surface area contributed by atoms with Gasteiger partial charge in [0.15, 0.2) is 5.75 Å². The Kier molecular flexibility index (Phi) is 3.84. The van der Waals surface area contributed by atoms with Gasteiger partial charge in [0.05, 0.1) is 19.5 Å². The number of amides is 1. The van der Waals surface area contributed by atoms with Gasteiger partial charge in [-0.25, -0.2) is 9.97 Å². The van der Waals surface area contributed by atoms with Gasteiger partial charge in [-0.05, 0) is 6.92 Å². The molecule has 0 saturated carbocycles. The summed E-state index contributed by atoms with van der Waals surface area (Å²) in [6.07, 6.45) is 3.07. The van der Waals surface area contributed by atoms with Crippen molar-refractivity contribution in [3.8, 4) is 5.75 Å². The van der Waals surface area contributed by atoms with Crippen molar-refractivity contribution in [3.63, 3.8) is 0 Å². The summed E-state index contributed by atoms with van der Waals surface area (Å²) in [5.41, 5.74) is 0. The molecule has 1 atom stereocenters. The van der Waals surface area contributed by atoms with Gasteiger partial charge < -0.3 is 15.4 Å². The van der Waals surface area contributed by atoms with Gasteiger partial charge in [0.25, 0.3) is 0 Å². The molecule has 6 heteroatoms. The van der Waals surface area contributed by atoms with Gasteiger partial charge >= 0.3 is 0 Å². The summed E-state index contributed by atoms with van der Waals surface area (Å²) in [4.78, 5) is 19.1. The number of ether oxygens (including phenoxy) is 1. The lowest BCUT2D eigenvalue weighted by molar-refractivity contribution is -0.121. The molecular weight excluding hydrogens is 196 g/mol. The van der Waals surface area contributed by atoms with Gasteiger partial charge in [-0.3, -0.25) is 4.79 Å². The van der Waals surface area contributed by atoms with Crippen LogP contribution in [-0.2, 0) is 4.79 Å². The van der Waals surface area contributed by atoms with Crippen molar-refractivity contribution in [3.05, 3.63) is 12.4 Å². The highest BCUT2D eigenvalue weighted by Crippen LogP contribution is 2.07. The molecule has 0 radical (unpaired) electrons. The maximum absolute atomic E-state index is 11.2. The van der Waals surface area contributed by atoms with Crippen molar-refractivity contribution >= 4 is 11.9 Å². The van der Waals surface area contributed by atoms with Gasteiger partial charge in [-0.1, -0.05) is 0 Å². The molecule has 15 heavy (non-hydrogen) atoms. The number of rotatable bonds is 4. The third-order valence-corrected chi connectivity index (χ3v) is 1.85. The fourth-order valence-electron chi connectivity index (χ4n) is 0.972. The van der Waals surface area contributed by atoms with Crippen molar-refractivity contribution in [2.24, 2.45) is 0 Å². The van der Waals surface area contributed by atoms with Crippen LogP contribution in [0.5, 0.6) is 5.75 Å². The number of methoxy groups -OCH3 is 1. The lowest BCUT2D eigenvalue weighted by Crippen LogP contribution is -2.35. The summed E-state index contributed by atoms with van der Waals surface area (Å²) in [6, 6.07) is -0.372. The van der Waals surface area contributed by atoms with Crippen LogP contribution in [0.3, 0.4) is 0 Å². The van der Waals surface area contributed by atoms with Crippen molar-refractivity contribution in [1.29, 1.82) is 0 Å². The number of hydrogen-bond acceptors (Lipinski definition) is 5. The third kappa shape index (κ3) is 3.08. The van der Waals surface area contributed by atoms with Crippen LogP contribution in [0.15, 0.2) is 12.4 Å². The van der Waals surface area contributed by atoms with E-state index in [2.05, 4.69) is 20.6 Å². The Hall–Kier alpha value is -1.85. The second-order valence-electron chi connectivity index (χ2n) is 2.93. The first-order valence-electron chi connectivity index (χ1n) is 4.51. The average Bonchev–Trinajstić information content (AvgIpc) is 2.29. The normalized spacial score (nSPS) is 11.7. The van der Waals surface area contributed by atoms with E-state index >= 15 is 0 Å². The van der Waals surface area contributed by atoms with Crippen LogP contribution >= 0.6 is 0 Å². The van der Waals surface area contributed by atoms with E-state index in [1.54, 1.807) is 21.1 Å². The molecule has 0 aromatic carbocycles. The summed E-state index contributed by atoms with van der Waals surface area (Å²) in [7, 11) is 3.12. The number of nitrogens with zero attached hydrogens (tertiary/aromatic N) is 2. The summed E-state index contributed by atoms with van der Waals surface area (Å²) in [5, 5.41) is 5.38. The Labute approximate surface area is 88.1 Å². The van der Waals surface area contributed by atoms with Gasteiger partial charge in [-0.2, -0.15) is 0 Å². The van der Waals surface area contributed by atoms with E-state index in [0.717, 1.165) is 0 Å². The Bertz CT molecular complexity index is 325. The summed E-state index contributed by atoms with van der Waals surface area (Å²) in [5.74, 6) is 0.856. The number of likely N-dealkylation sites (N-methyl/N-ethyl adjacent to an activating group) is 1. The van der Waals surface area contributed by atoms with Crippen molar-refractivity contribution in [2.45, 2.75) is 13.0 Å². The Morgan fingerprint density at radius 1 is 1.47 bits per heavy atom. The van der Waals surface area contributed by atoms with Crippen molar-refractivity contribution in [1.82, 2.24) is 15.3 Å². The highest BCUT2D eigenvalue weighted by molar-refractivity contribution is 5.83. The molecule has 2 N–H and O–H groups in total. The fourth-order valence-corrected chi connectivity index (χ4v) is 0.972. The zero-order valence-electron chi connectivity index (χ0n) is 8.94. The molecule has 1 unspecified atom stereocenters. The van der Waals surface area contributed by atoms with E-state index < -0.39 is 0 Å². The SMILES string of the molecule is CNC(=O)C(C)Nc1ncc(OC)cn1. The van der Waals surface area contributed by atoms with E-state index in [0.29, 0.717) is 11.7 Å². The second kappa shape index (κ2) is 5.14. The van der Waals surface area contributed by atoms with Crippen LogP contribution in [0.4, 0.5) is 5.95 Å². The number of aromatic nitrogens is 2. The smallest absolute Gasteiger partial charge is 0.242 e. The number of carbonyl (C=O) groups excluding carboxylic acids is 1. The average molecular weight is 210 g/mol. The first-order chi connectivity index (χ1) is 7.17. The van der Waals surface area contributed by atoms with E-state index in [4.69, 9.17) is 4.74 Å². The van der Waals surface area contributed by atoms with Gasteiger partial charge in [-0.15, -0.1) is 0 Å². The summed E-state index contributed by atoms with van der Waals surface area (Å²) >= 11 is 0. The molecular formula is C9H14N4O2. The summed E-state index contributed by atoms with van der Waals surface area (Å²) < 4.78 is 4.91. The zero-order valence-corrected chi connectivity index (χ0v) is 8.94. The van der Waals surface area contributed by atoms with E-state index in [9.17, 15) is 4.79 Å². The first-order valence-corrected chi connectivity index (χ1v) is 4.51. The molecule has 0 saturated heterocycles. The molecule has 1 amide bonds. The largest absolute Gasteiger partial charge is 0.494 e. The topological polar surface area (TPSA) is 76.1 Å². The number of carbonyl (C=O) groups is 1. The van der Waals surface area contributed by atoms with Gasteiger partial charge in [0, 0.05) is 7.05 Å². The van der Waals surface area contributed by atoms with Gasteiger partial charge in [0.2, 0.25) is 11.9 Å². The Morgan fingerprint density at radius 2 is 2.07 bits per heavy atom. The minimum absolute atomic E-state index is 0.116. The highest BCUT2D eigenvalue weighted by Gasteiger charge is 2.11. The maximum atomic E-state index is 11.2. The number of hydrogen-bond donors (Lipinski definition) is 2. The van der Waals surface area contributed by atoms with E-state index in [-0.39, 0.29) is 11.9 Å². The minimum atomic E-state index is -0.372. The predicted octanol–water partition coefficient (Wildman–Crippen LogP) is 0.0316. The minimum Gasteiger partial charge on any atom is -0.494 e. The number of nitrogens with one attached hydrogen (secondary N) is 2. The zero-order chi connectivity index (χ0) is 11.3. The third-order valence-electron chi connectivity index (χ3n) is 1.85. The molecule has 0 aliphatic carbocycles. The molecule has 1 heterocycles. The Morgan fingerprint density at radius 3 is 2.53 bits per heavy atom. The van der Waals surface area contributed by atoms with Crippen molar-refractivity contribution < 1.29 is 9.53 Å². The lowest BCUT2D eigenvalue weighted by atomic mass is 10.3. The molecule has 0 aliphatic heterocycles. The first kappa shape index (κ1) is 11.2. The van der Waals surface area contributed by atoms with Crippen molar-refractivity contribution in [2.75, 3.05) is 19.5 Å². The molecule has 1 aromatic heterocycles. The monoisotopic (exact) mass is 210 g/mol. The quantitative estimate of drug-likeness (QED) is 0.733. The van der Waals surface area contributed by atoms with Gasteiger partial charge in [0.1, 0.15) is 6.04 Å². The fraction of sp³-hybridized carbons (Fsp3) is 0.444. The molecule has 0 aliphatic rings. The van der Waals surface area contributed by atoms with Crippen LogP contribution in [-0.4, -0.2) is 36.1 Å². The van der Waals surface area contributed by atoms with Crippen LogP contribution in [0.2, 0.25) is 0 Å². The molecule has 0 fully saturated rings. The standard InChI is InChI=1S/C9H14N4O2/c1-6(8(14)10-2)13-9-11-4-7(15-3)5-12-9/h4-6H,1-3H3,(H,10,14)(H,11,12,13). The van der Waals surface area contributed by atoms with Crippen LogP contribution in [0.1, 0.15) is 6.92 Å². The molecule has 1 rings (SSSR count). The molecule has 0 spiro atoms. The predicted molar refractivity (Wildman–Crippen MR) is 55.7 cm³/mol. The van der Waals surface area contributed by atoms with Crippen LogP contribution < -0.4 is 15.4 Å². The van der Waals surface area contributed by atoms with E-state index in [1.807, 2.05) is 0 Å². The van der Waals surface area contributed by atoms with E-state index in [1.165, 1.54) is 12.4 Å². The lowest BCUT2D eigenvalue weighted by Gasteiger charge is -2.11. The second-order valence-corrected chi connectivity index (χ2v) is 2.93. The van der Waals surface area contributed by atoms with Crippen LogP contribution in [0.25, 0.3) is 0 Å². The molecule has 82 valence electrons.